The van der Waals surface area contributed by atoms with Gasteiger partial charge in [-0.25, -0.2) is 8.78 Å². The first-order valence-corrected chi connectivity index (χ1v) is 6.43. The predicted octanol–water partition coefficient (Wildman–Crippen LogP) is 3.96. The lowest BCUT2D eigenvalue weighted by Gasteiger charge is -2.12. The van der Waals surface area contributed by atoms with Crippen LogP contribution in [0.1, 0.15) is 18.1 Å². The lowest BCUT2D eigenvalue weighted by Crippen LogP contribution is -2.17. The molecule has 0 heterocycles. The van der Waals surface area contributed by atoms with E-state index in [0.717, 1.165) is 17.2 Å². The molecule has 0 radical (unpaired) electrons. The Morgan fingerprint density at radius 3 is 2.50 bits per heavy atom. The first-order valence-electron chi connectivity index (χ1n) is 6.43. The number of benzene rings is 2. The zero-order chi connectivity index (χ0) is 14.7. The predicted molar refractivity (Wildman–Crippen MR) is 75.0 cm³/mol. The van der Waals surface area contributed by atoms with E-state index in [1.54, 1.807) is 0 Å². The van der Waals surface area contributed by atoms with Crippen molar-refractivity contribution in [3.63, 3.8) is 0 Å². The number of rotatable bonds is 4. The van der Waals surface area contributed by atoms with Crippen molar-refractivity contribution in [3.05, 3.63) is 59.2 Å². The maximum atomic E-state index is 13.6. The van der Waals surface area contributed by atoms with Gasteiger partial charge >= 0.3 is 0 Å². The topological polar surface area (TPSA) is 35.2 Å². The van der Waals surface area contributed by atoms with Gasteiger partial charge in [-0.15, -0.1) is 0 Å². The van der Waals surface area contributed by atoms with Gasteiger partial charge < -0.3 is 10.5 Å². The minimum atomic E-state index is -0.720. The van der Waals surface area contributed by atoms with Crippen molar-refractivity contribution >= 4 is 0 Å². The van der Waals surface area contributed by atoms with E-state index in [1.165, 1.54) is 12.1 Å². The zero-order valence-corrected chi connectivity index (χ0v) is 11.5. The van der Waals surface area contributed by atoms with Gasteiger partial charge in [0.25, 0.3) is 0 Å². The van der Waals surface area contributed by atoms with Gasteiger partial charge in [0.05, 0.1) is 0 Å². The molecule has 2 rings (SSSR count). The summed E-state index contributed by atoms with van der Waals surface area (Å²) >= 11 is 0. The smallest absolute Gasteiger partial charge is 0.168 e. The molecule has 1 atom stereocenters. The normalized spacial score (nSPS) is 12.2. The van der Waals surface area contributed by atoms with Gasteiger partial charge in [-0.05, 0) is 49.6 Å². The maximum Gasteiger partial charge on any atom is 0.168 e. The van der Waals surface area contributed by atoms with Crippen LogP contribution in [0.4, 0.5) is 8.78 Å². The van der Waals surface area contributed by atoms with E-state index in [2.05, 4.69) is 0 Å². The molecule has 0 aliphatic heterocycles. The summed E-state index contributed by atoms with van der Waals surface area (Å²) in [6.07, 6.45) is 0.711. The maximum absolute atomic E-state index is 13.6. The molecule has 106 valence electrons. The number of hydrogen-bond acceptors (Lipinski definition) is 2. The lowest BCUT2D eigenvalue weighted by molar-refractivity contribution is 0.434. The first-order chi connectivity index (χ1) is 9.45. The monoisotopic (exact) mass is 277 g/mol. The third-order valence-electron chi connectivity index (χ3n) is 2.92. The number of hydrogen-bond donors (Lipinski definition) is 1. The third kappa shape index (κ3) is 3.54. The molecule has 0 bridgehead atoms. The molecule has 4 heteroatoms. The fourth-order valence-electron chi connectivity index (χ4n) is 1.93. The summed E-state index contributed by atoms with van der Waals surface area (Å²) in [7, 11) is 0. The molecule has 0 fully saturated rings. The first kappa shape index (κ1) is 14.5. The molecule has 0 saturated carbocycles. The molecule has 0 aliphatic carbocycles. The molecule has 0 spiro atoms. The number of ether oxygens (including phenoxy) is 1. The number of halogens is 2. The molecule has 0 aliphatic rings. The van der Waals surface area contributed by atoms with Gasteiger partial charge in [-0.1, -0.05) is 12.1 Å². The Morgan fingerprint density at radius 2 is 1.85 bits per heavy atom. The Morgan fingerprint density at radius 1 is 1.10 bits per heavy atom. The van der Waals surface area contributed by atoms with Gasteiger partial charge in [0.15, 0.2) is 11.6 Å². The summed E-state index contributed by atoms with van der Waals surface area (Å²) in [4.78, 5) is 0. The highest BCUT2D eigenvalue weighted by molar-refractivity contribution is 5.40. The molecule has 1 unspecified atom stereocenters. The zero-order valence-electron chi connectivity index (χ0n) is 11.5. The van der Waals surface area contributed by atoms with Crippen LogP contribution in [0.2, 0.25) is 0 Å². The number of aryl methyl sites for hydroxylation is 1. The van der Waals surface area contributed by atoms with Gasteiger partial charge in [0.1, 0.15) is 11.6 Å². The summed E-state index contributed by atoms with van der Waals surface area (Å²) in [6.45, 7) is 3.78. The van der Waals surface area contributed by atoms with Crippen LogP contribution >= 0.6 is 0 Å². The van der Waals surface area contributed by atoms with Crippen LogP contribution in [0.3, 0.4) is 0 Å². The van der Waals surface area contributed by atoms with E-state index in [0.29, 0.717) is 12.2 Å². The molecular formula is C16H17F2NO. The van der Waals surface area contributed by atoms with E-state index in [4.69, 9.17) is 10.5 Å². The van der Waals surface area contributed by atoms with E-state index in [-0.39, 0.29) is 11.8 Å². The fraction of sp³-hybridized carbons (Fsp3) is 0.250. The average molecular weight is 277 g/mol. The Labute approximate surface area is 117 Å². The highest BCUT2D eigenvalue weighted by Crippen LogP contribution is 2.28. The second kappa shape index (κ2) is 6.01. The molecule has 2 aromatic carbocycles. The van der Waals surface area contributed by atoms with E-state index in [9.17, 15) is 8.78 Å². The van der Waals surface area contributed by atoms with E-state index in [1.807, 2.05) is 32.0 Å². The minimum Gasteiger partial charge on any atom is -0.454 e. The Kier molecular flexibility index (Phi) is 4.35. The molecule has 0 saturated heterocycles. The molecule has 2 nitrogen and oxygen atoms in total. The highest BCUT2D eigenvalue weighted by atomic mass is 19.1. The number of nitrogens with two attached hydrogens (primary N) is 1. The largest absolute Gasteiger partial charge is 0.454 e. The summed E-state index contributed by atoms with van der Waals surface area (Å²) in [6, 6.07) is 8.98. The third-order valence-corrected chi connectivity index (χ3v) is 2.92. The lowest BCUT2D eigenvalue weighted by atomic mass is 10.1. The van der Waals surface area contributed by atoms with Gasteiger partial charge in [0.2, 0.25) is 0 Å². The Bertz CT molecular complexity index is 611. The van der Waals surface area contributed by atoms with Crippen molar-refractivity contribution in [1.29, 1.82) is 0 Å². The van der Waals surface area contributed by atoms with E-state index >= 15 is 0 Å². The fourth-order valence-corrected chi connectivity index (χ4v) is 1.93. The van der Waals surface area contributed by atoms with Gasteiger partial charge in [0, 0.05) is 12.1 Å². The molecular weight excluding hydrogens is 260 g/mol. The Hall–Kier alpha value is -1.94. The van der Waals surface area contributed by atoms with Crippen molar-refractivity contribution < 1.29 is 13.5 Å². The van der Waals surface area contributed by atoms with Crippen molar-refractivity contribution in [2.45, 2.75) is 26.3 Å². The average Bonchev–Trinajstić information content (AvgIpc) is 2.36. The molecule has 2 aromatic rings. The van der Waals surface area contributed by atoms with Crippen LogP contribution in [0, 0.1) is 18.6 Å². The Balaban J connectivity index is 2.27. The second-order valence-electron chi connectivity index (χ2n) is 4.96. The summed E-state index contributed by atoms with van der Waals surface area (Å²) < 4.78 is 32.0. The van der Waals surface area contributed by atoms with Crippen molar-refractivity contribution in [3.8, 4) is 11.5 Å². The van der Waals surface area contributed by atoms with Crippen LogP contribution in [-0.4, -0.2) is 6.04 Å². The highest BCUT2D eigenvalue weighted by Gasteiger charge is 2.09. The van der Waals surface area contributed by atoms with Gasteiger partial charge in [-0.3, -0.25) is 0 Å². The second-order valence-corrected chi connectivity index (χ2v) is 4.96. The van der Waals surface area contributed by atoms with Crippen LogP contribution in [-0.2, 0) is 6.42 Å². The molecule has 0 aromatic heterocycles. The van der Waals surface area contributed by atoms with Gasteiger partial charge in [-0.2, -0.15) is 0 Å². The molecule has 2 N–H and O–H groups in total. The summed E-state index contributed by atoms with van der Waals surface area (Å²) in [5, 5.41) is 0. The van der Waals surface area contributed by atoms with Crippen LogP contribution in [0.25, 0.3) is 0 Å². The van der Waals surface area contributed by atoms with Crippen LogP contribution in [0.15, 0.2) is 36.4 Å². The quantitative estimate of drug-likeness (QED) is 0.918. The molecule has 0 amide bonds. The van der Waals surface area contributed by atoms with E-state index < -0.39 is 11.6 Å². The summed E-state index contributed by atoms with van der Waals surface area (Å²) in [5.74, 6) is -0.791. The van der Waals surface area contributed by atoms with Crippen molar-refractivity contribution in [1.82, 2.24) is 0 Å². The van der Waals surface area contributed by atoms with Crippen LogP contribution < -0.4 is 10.5 Å². The van der Waals surface area contributed by atoms with Crippen LogP contribution in [0.5, 0.6) is 11.5 Å². The SMILES string of the molecule is Cc1ccc(CC(C)N)cc1Oc1ccc(F)cc1F. The van der Waals surface area contributed by atoms with Crippen molar-refractivity contribution in [2.75, 3.05) is 0 Å². The molecule has 20 heavy (non-hydrogen) atoms. The standard InChI is InChI=1S/C16H17F2NO/c1-10-3-4-12(7-11(2)19)8-16(10)20-15-6-5-13(17)9-14(15)18/h3-6,8-9,11H,7,19H2,1-2H3. The summed E-state index contributed by atoms with van der Waals surface area (Å²) in [5.41, 5.74) is 7.66. The minimum absolute atomic E-state index is 0.00690. The van der Waals surface area contributed by atoms with Crippen molar-refractivity contribution in [2.24, 2.45) is 5.73 Å².